The fourth-order valence-corrected chi connectivity index (χ4v) is 2.17. The van der Waals surface area contributed by atoms with Crippen molar-refractivity contribution in [2.75, 3.05) is 5.32 Å². The van der Waals surface area contributed by atoms with Gasteiger partial charge in [0.2, 0.25) is 5.91 Å². The van der Waals surface area contributed by atoms with Crippen molar-refractivity contribution in [2.45, 2.75) is 26.1 Å². The predicted octanol–water partition coefficient (Wildman–Crippen LogP) is 4.06. The molecule has 0 aliphatic carbocycles. The minimum Gasteiger partial charge on any atom is -0.324 e. The summed E-state index contributed by atoms with van der Waals surface area (Å²) in [4.78, 5) is 12.1. The predicted molar refractivity (Wildman–Crippen MR) is 76.8 cm³/mol. The number of nitrogens with one attached hydrogen (secondary N) is 1. The molecule has 0 saturated carbocycles. The molecule has 1 aromatic heterocycles. The number of benzene rings is 1. The first-order valence-electron chi connectivity index (χ1n) is 6.39. The first-order chi connectivity index (χ1) is 10.2. The van der Waals surface area contributed by atoms with Gasteiger partial charge in [-0.25, -0.2) is 0 Å². The van der Waals surface area contributed by atoms with Crippen molar-refractivity contribution in [1.82, 2.24) is 9.78 Å². The number of hydrogen-bond donors (Lipinski definition) is 1. The SMILES string of the molecule is Cc1c(Cl)c(C(F)(F)F)nn1C(C)C(=O)Nc1ccccc1. The van der Waals surface area contributed by atoms with E-state index in [0.29, 0.717) is 5.69 Å². The third-order valence-corrected chi connectivity index (χ3v) is 3.59. The van der Waals surface area contributed by atoms with Gasteiger partial charge in [-0.15, -0.1) is 0 Å². The highest BCUT2D eigenvalue weighted by Gasteiger charge is 2.39. The lowest BCUT2D eigenvalue weighted by Crippen LogP contribution is -2.25. The van der Waals surface area contributed by atoms with Crippen LogP contribution in [-0.2, 0) is 11.0 Å². The van der Waals surface area contributed by atoms with Crippen LogP contribution >= 0.6 is 11.6 Å². The zero-order chi connectivity index (χ0) is 16.5. The molecule has 1 aromatic carbocycles. The van der Waals surface area contributed by atoms with E-state index in [1.807, 2.05) is 0 Å². The van der Waals surface area contributed by atoms with Gasteiger partial charge in [-0.05, 0) is 26.0 Å². The molecule has 0 aliphatic rings. The highest BCUT2D eigenvalue weighted by Crippen LogP contribution is 2.36. The maximum Gasteiger partial charge on any atom is 0.436 e. The van der Waals surface area contributed by atoms with Crippen LogP contribution in [0.4, 0.5) is 18.9 Å². The number of para-hydroxylation sites is 1. The number of alkyl halides is 3. The van der Waals surface area contributed by atoms with E-state index in [-0.39, 0.29) is 5.69 Å². The van der Waals surface area contributed by atoms with E-state index < -0.39 is 28.8 Å². The van der Waals surface area contributed by atoms with Crippen molar-refractivity contribution < 1.29 is 18.0 Å². The highest BCUT2D eigenvalue weighted by molar-refractivity contribution is 6.32. The minimum absolute atomic E-state index is 0.0877. The number of carbonyl (C=O) groups is 1. The fraction of sp³-hybridized carbons (Fsp3) is 0.286. The van der Waals surface area contributed by atoms with Crippen LogP contribution in [0.1, 0.15) is 24.4 Å². The van der Waals surface area contributed by atoms with E-state index >= 15 is 0 Å². The smallest absolute Gasteiger partial charge is 0.324 e. The third-order valence-electron chi connectivity index (χ3n) is 3.13. The molecular weight excluding hydrogens is 319 g/mol. The molecule has 1 atom stereocenters. The number of amides is 1. The van der Waals surface area contributed by atoms with Crippen LogP contribution < -0.4 is 5.32 Å². The average Bonchev–Trinajstić information content (AvgIpc) is 2.75. The molecule has 1 unspecified atom stereocenters. The Morgan fingerprint density at radius 3 is 2.41 bits per heavy atom. The molecule has 4 nitrogen and oxygen atoms in total. The lowest BCUT2D eigenvalue weighted by molar-refractivity contribution is -0.141. The van der Waals surface area contributed by atoms with Crippen molar-refractivity contribution in [1.29, 1.82) is 0 Å². The molecule has 8 heteroatoms. The summed E-state index contributed by atoms with van der Waals surface area (Å²) in [6, 6.07) is 7.67. The Hall–Kier alpha value is -2.02. The first-order valence-corrected chi connectivity index (χ1v) is 6.77. The second-order valence-electron chi connectivity index (χ2n) is 4.72. The molecule has 1 amide bonds. The Kier molecular flexibility index (Phi) is 4.46. The molecule has 2 rings (SSSR count). The van der Waals surface area contributed by atoms with Crippen LogP contribution in [0.2, 0.25) is 5.02 Å². The summed E-state index contributed by atoms with van der Waals surface area (Å²) >= 11 is 5.67. The number of nitrogens with zero attached hydrogens (tertiary/aromatic N) is 2. The minimum atomic E-state index is -4.66. The lowest BCUT2D eigenvalue weighted by atomic mass is 10.2. The normalized spacial score (nSPS) is 13.0. The quantitative estimate of drug-likeness (QED) is 0.921. The monoisotopic (exact) mass is 331 g/mol. The molecule has 22 heavy (non-hydrogen) atoms. The lowest BCUT2D eigenvalue weighted by Gasteiger charge is -2.14. The second kappa shape index (κ2) is 6.00. The Morgan fingerprint density at radius 1 is 1.32 bits per heavy atom. The Balaban J connectivity index is 2.26. The summed E-state index contributed by atoms with van der Waals surface area (Å²) in [6.07, 6.45) is -4.66. The number of carbonyl (C=O) groups excluding carboxylic acids is 1. The van der Waals surface area contributed by atoms with Crippen molar-refractivity contribution in [3.63, 3.8) is 0 Å². The highest BCUT2D eigenvalue weighted by atomic mass is 35.5. The zero-order valence-corrected chi connectivity index (χ0v) is 12.5. The fourth-order valence-electron chi connectivity index (χ4n) is 1.94. The second-order valence-corrected chi connectivity index (χ2v) is 5.10. The van der Waals surface area contributed by atoms with E-state index in [4.69, 9.17) is 11.6 Å². The van der Waals surface area contributed by atoms with Crippen LogP contribution in [0.5, 0.6) is 0 Å². The van der Waals surface area contributed by atoms with Gasteiger partial charge in [0.1, 0.15) is 6.04 Å². The van der Waals surface area contributed by atoms with Gasteiger partial charge in [-0.3, -0.25) is 9.48 Å². The van der Waals surface area contributed by atoms with Gasteiger partial charge in [0.25, 0.3) is 0 Å². The molecular formula is C14H13ClF3N3O. The van der Waals surface area contributed by atoms with Gasteiger partial charge < -0.3 is 5.32 Å². The molecule has 1 heterocycles. The summed E-state index contributed by atoms with van der Waals surface area (Å²) in [5, 5.41) is 5.56. The van der Waals surface area contributed by atoms with E-state index in [0.717, 1.165) is 4.68 Å². The van der Waals surface area contributed by atoms with Crippen molar-refractivity contribution >= 4 is 23.2 Å². The standard InChI is InChI=1S/C14H13ClF3N3O/c1-8-11(15)12(14(16,17)18)20-21(8)9(2)13(22)19-10-6-4-3-5-7-10/h3-7,9H,1-2H3,(H,19,22). The summed E-state index contributed by atoms with van der Waals surface area (Å²) in [6.45, 7) is 2.84. The molecule has 1 N–H and O–H groups in total. The average molecular weight is 332 g/mol. The van der Waals surface area contributed by atoms with Gasteiger partial charge >= 0.3 is 6.18 Å². The molecule has 0 bridgehead atoms. The molecule has 0 saturated heterocycles. The zero-order valence-electron chi connectivity index (χ0n) is 11.8. The summed E-state index contributed by atoms with van der Waals surface area (Å²) in [5.74, 6) is -0.484. The van der Waals surface area contributed by atoms with Gasteiger partial charge in [0.15, 0.2) is 5.69 Å². The Morgan fingerprint density at radius 2 is 1.91 bits per heavy atom. The summed E-state index contributed by atoms with van der Waals surface area (Å²) < 4.78 is 39.4. The van der Waals surface area contributed by atoms with Crippen LogP contribution in [0.15, 0.2) is 30.3 Å². The van der Waals surface area contributed by atoms with E-state index in [9.17, 15) is 18.0 Å². The molecule has 0 fully saturated rings. The number of hydrogen-bond acceptors (Lipinski definition) is 2. The van der Waals surface area contributed by atoms with Crippen LogP contribution in [0.3, 0.4) is 0 Å². The van der Waals surface area contributed by atoms with Gasteiger partial charge in [0.05, 0.1) is 10.7 Å². The van der Waals surface area contributed by atoms with Crippen molar-refractivity contribution in [3.05, 3.63) is 46.7 Å². The Bertz CT molecular complexity index is 683. The van der Waals surface area contributed by atoms with E-state index in [1.165, 1.54) is 13.8 Å². The number of anilines is 1. The van der Waals surface area contributed by atoms with Crippen molar-refractivity contribution in [2.24, 2.45) is 0 Å². The van der Waals surface area contributed by atoms with Gasteiger partial charge in [-0.2, -0.15) is 18.3 Å². The maximum atomic E-state index is 12.8. The van der Waals surface area contributed by atoms with Crippen LogP contribution in [-0.4, -0.2) is 15.7 Å². The number of rotatable bonds is 3. The van der Waals surface area contributed by atoms with Gasteiger partial charge in [0, 0.05) is 5.69 Å². The van der Waals surface area contributed by atoms with Crippen molar-refractivity contribution in [3.8, 4) is 0 Å². The van der Waals surface area contributed by atoms with E-state index in [2.05, 4.69) is 10.4 Å². The molecule has 0 aliphatic heterocycles. The Labute approximate surface area is 129 Å². The van der Waals surface area contributed by atoms with Crippen LogP contribution in [0.25, 0.3) is 0 Å². The summed E-state index contributed by atoms with van der Waals surface area (Å²) in [5.41, 5.74) is -0.554. The number of aromatic nitrogens is 2. The largest absolute Gasteiger partial charge is 0.436 e. The third kappa shape index (κ3) is 3.24. The first kappa shape index (κ1) is 16.4. The summed E-state index contributed by atoms with van der Waals surface area (Å²) in [7, 11) is 0. The molecule has 0 spiro atoms. The number of halogens is 4. The molecule has 2 aromatic rings. The molecule has 118 valence electrons. The molecule has 0 radical (unpaired) electrons. The van der Waals surface area contributed by atoms with E-state index in [1.54, 1.807) is 30.3 Å². The maximum absolute atomic E-state index is 12.8. The topological polar surface area (TPSA) is 46.9 Å². The van der Waals surface area contributed by atoms with Crippen LogP contribution in [0, 0.1) is 6.92 Å². The van der Waals surface area contributed by atoms with Gasteiger partial charge in [-0.1, -0.05) is 29.8 Å².